The van der Waals surface area contributed by atoms with Crippen LogP contribution in [0.3, 0.4) is 0 Å². The van der Waals surface area contributed by atoms with Crippen LogP contribution in [0.5, 0.6) is 11.5 Å². The molecule has 4 aromatic carbocycles. The second-order valence-corrected chi connectivity index (χ2v) is 19.5. The molecule has 6 aromatic rings. The molecule has 0 radical (unpaired) electrons. The summed E-state index contributed by atoms with van der Waals surface area (Å²) < 4.78 is 11.4. The van der Waals surface area contributed by atoms with E-state index in [9.17, 15) is 9.59 Å². The third-order valence-corrected chi connectivity index (χ3v) is 12.8. The van der Waals surface area contributed by atoms with Gasteiger partial charge < -0.3 is 9.47 Å². The Bertz CT molecular complexity index is 2500. The number of benzene rings is 4. The van der Waals surface area contributed by atoms with Crippen molar-refractivity contribution < 1.29 is 19.1 Å². The fraction of sp³-hybridized carbons (Fsp3) is 0.424. The van der Waals surface area contributed by atoms with Crippen LogP contribution in [0.15, 0.2) is 109 Å². The summed E-state index contributed by atoms with van der Waals surface area (Å²) >= 11 is 0. The van der Waals surface area contributed by atoms with Gasteiger partial charge in [0, 0.05) is 24.0 Å². The lowest BCUT2D eigenvalue weighted by Gasteiger charge is -2.22. The van der Waals surface area contributed by atoms with Crippen LogP contribution in [0.2, 0.25) is 0 Å². The minimum atomic E-state index is 0.136. The Morgan fingerprint density at radius 3 is 1.19 bits per heavy atom. The Kier molecular flexibility index (Phi) is 17.6. The Labute approximate surface area is 399 Å². The molecule has 2 aromatic heterocycles. The fourth-order valence-corrected chi connectivity index (χ4v) is 9.28. The van der Waals surface area contributed by atoms with Crippen molar-refractivity contribution in [1.29, 1.82) is 0 Å². The number of nitrogens with zero attached hydrogens (tertiary/aromatic N) is 4. The maximum atomic E-state index is 13.0. The molecule has 67 heavy (non-hydrogen) atoms. The third-order valence-electron chi connectivity index (χ3n) is 12.8. The van der Waals surface area contributed by atoms with E-state index in [0.29, 0.717) is 37.5 Å². The van der Waals surface area contributed by atoms with E-state index in [1.54, 1.807) is 0 Å². The van der Waals surface area contributed by atoms with Gasteiger partial charge in [-0.05, 0) is 102 Å². The third kappa shape index (κ3) is 15.3. The highest BCUT2D eigenvalue weighted by molar-refractivity contribution is 5.83. The first-order valence-corrected chi connectivity index (χ1v) is 24.8. The van der Waals surface area contributed by atoms with Gasteiger partial charge in [0.2, 0.25) is 0 Å². The van der Waals surface area contributed by atoms with Gasteiger partial charge in [-0.15, -0.1) is 0 Å². The van der Waals surface area contributed by atoms with Crippen LogP contribution in [0.1, 0.15) is 131 Å². The van der Waals surface area contributed by atoms with Crippen LogP contribution in [-0.4, -0.2) is 43.7 Å². The van der Waals surface area contributed by atoms with Crippen LogP contribution in [-0.2, 0) is 48.1 Å². The van der Waals surface area contributed by atoms with Crippen LogP contribution < -0.4 is 9.47 Å². The number of carbonyl (C=O) groups is 2. The molecule has 2 saturated carbocycles. The normalized spacial score (nSPS) is 14.2. The maximum Gasteiger partial charge on any atom is 0.143 e. The summed E-state index contributed by atoms with van der Waals surface area (Å²) in [6, 6.07) is 32.4. The Morgan fingerprint density at radius 1 is 0.478 bits per heavy atom. The molecule has 0 amide bonds. The van der Waals surface area contributed by atoms with Gasteiger partial charge in [-0.3, -0.25) is 19.6 Å². The minimum absolute atomic E-state index is 0.136. The second-order valence-electron chi connectivity index (χ2n) is 19.5. The van der Waals surface area contributed by atoms with Crippen LogP contribution in [0.4, 0.5) is 0 Å². The summed E-state index contributed by atoms with van der Waals surface area (Å²) in [5.41, 5.74) is 12.0. The van der Waals surface area contributed by atoms with E-state index < -0.39 is 0 Å². The van der Waals surface area contributed by atoms with Crippen molar-refractivity contribution >= 4 is 11.6 Å². The molecule has 0 unspecified atom stereocenters. The molecule has 8 rings (SSSR count). The molecule has 0 spiro atoms. The molecular formula is C59H70N4O4. The van der Waals surface area contributed by atoms with Crippen molar-refractivity contribution in [2.24, 2.45) is 11.8 Å². The Morgan fingerprint density at radius 2 is 0.836 bits per heavy atom. The first-order valence-electron chi connectivity index (χ1n) is 24.8. The Balaban J connectivity index is 0.000000199. The van der Waals surface area contributed by atoms with Crippen LogP contribution >= 0.6 is 0 Å². The summed E-state index contributed by atoms with van der Waals surface area (Å²) in [4.78, 5) is 45.5. The molecule has 2 aliphatic rings. The molecule has 2 heterocycles. The molecule has 0 saturated heterocycles. The standard InChI is InChI=1S/C30H36N2O2.C29H34N2O2/c1-21(2)34-27-15-11-24(12-16-27)17-26(33)19-28-29(18-23-7-5-4-6-8-23)32-30(20-31-28)25-13-9-22(3)10-14-25;1-20(2)33-26-14-10-23(11-15-26)16-25(32)18-27-28(17-22-6-4-5-7-22)31-29(19-30-27)24-12-8-21(3)9-13-24/h9-16,20-21,23H,4-8,17-19H2,1-3H3;8-15,19-20,22H,4-7,16-18H2,1-3H3. The van der Waals surface area contributed by atoms with E-state index in [4.69, 9.17) is 29.4 Å². The number of ketones is 2. The maximum absolute atomic E-state index is 13.0. The number of aromatic nitrogens is 4. The lowest BCUT2D eigenvalue weighted by atomic mass is 9.85. The van der Waals surface area contributed by atoms with Gasteiger partial charge in [-0.2, -0.15) is 0 Å². The highest BCUT2D eigenvalue weighted by atomic mass is 16.5. The summed E-state index contributed by atoms with van der Waals surface area (Å²) in [5, 5.41) is 0. The summed E-state index contributed by atoms with van der Waals surface area (Å²) in [5.74, 6) is 3.28. The SMILES string of the molecule is Cc1ccc(-c2cnc(CC(=O)Cc3ccc(OC(C)C)cc3)c(CC3CCCC3)n2)cc1.Cc1ccc(-c2cnc(CC(=O)Cc3ccc(OC(C)C)cc3)c(CC3CCCCC3)n2)cc1. The first-order chi connectivity index (χ1) is 32.4. The molecule has 2 aliphatic carbocycles. The molecule has 0 N–H and O–H groups in total. The number of carbonyl (C=O) groups excluding carboxylic acids is 2. The molecule has 8 heteroatoms. The van der Waals surface area contributed by atoms with E-state index >= 15 is 0 Å². The predicted molar refractivity (Wildman–Crippen MR) is 270 cm³/mol. The number of aryl methyl sites for hydroxylation is 2. The van der Waals surface area contributed by atoms with Crippen molar-refractivity contribution in [3.8, 4) is 34.0 Å². The van der Waals surface area contributed by atoms with Crippen molar-refractivity contribution in [2.45, 2.75) is 150 Å². The van der Waals surface area contributed by atoms with Crippen molar-refractivity contribution in [3.05, 3.63) is 154 Å². The lowest BCUT2D eigenvalue weighted by Crippen LogP contribution is -2.16. The van der Waals surface area contributed by atoms with E-state index in [2.05, 4.69) is 62.4 Å². The van der Waals surface area contributed by atoms with E-state index in [-0.39, 0.29) is 23.8 Å². The number of hydrogen-bond donors (Lipinski definition) is 0. The van der Waals surface area contributed by atoms with Crippen molar-refractivity contribution in [2.75, 3.05) is 0 Å². The van der Waals surface area contributed by atoms with Crippen molar-refractivity contribution in [3.63, 3.8) is 0 Å². The zero-order valence-corrected chi connectivity index (χ0v) is 40.7. The van der Waals surface area contributed by atoms with E-state index in [1.807, 2.05) is 88.6 Å². The molecule has 8 nitrogen and oxygen atoms in total. The largest absolute Gasteiger partial charge is 0.491 e. The average Bonchev–Trinajstić information content (AvgIpc) is 3.83. The zero-order chi connectivity index (χ0) is 47.1. The van der Waals surface area contributed by atoms with E-state index in [1.165, 1.54) is 68.9 Å². The number of rotatable bonds is 18. The summed E-state index contributed by atoms with van der Waals surface area (Å²) in [6.07, 6.45) is 18.7. The van der Waals surface area contributed by atoms with Gasteiger partial charge in [0.25, 0.3) is 0 Å². The summed E-state index contributed by atoms with van der Waals surface area (Å²) in [7, 11) is 0. The molecule has 0 bridgehead atoms. The van der Waals surface area contributed by atoms with Gasteiger partial charge in [0.15, 0.2) is 0 Å². The quantitative estimate of drug-likeness (QED) is 0.0840. The molecule has 0 atom stereocenters. The van der Waals surface area contributed by atoms with Gasteiger partial charge in [-0.1, -0.05) is 142 Å². The Hall–Kier alpha value is -6.02. The van der Waals surface area contributed by atoms with Crippen LogP contribution in [0.25, 0.3) is 22.5 Å². The van der Waals surface area contributed by atoms with Gasteiger partial charge in [0.05, 0.1) is 71.6 Å². The van der Waals surface area contributed by atoms with Gasteiger partial charge >= 0.3 is 0 Å². The average molecular weight is 899 g/mol. The molecular weight excluding hydrogens is 829 g/mol. The number of hydrogen-bond acceptors (Lipinski definition) is 8. The minimum Gasteiger partial charge on any atom is -0.491 e. The smallest absolute Gasteiger partial charge is 0.143 e. The highest BCUT2D eigenvalue weighted by Gasteiger charge is 2.22. The zero-order valence-electron chi connectivity index (χ0n) is 40.7. The highest BCUT2D eigenvalue weighted by Crippen LogP contribution is 2.31. The van der Waals surface area contributed by atoms with Crippen molar-refractivity contribution in [1.82, 2.24) is 19.9 Å². The molecule has 350 valence electrons. The second kappa shape index (κ2) is 24.1. The first kappa shape index (κ1) is 48.9. The monoisotopic (exact) mass is 899 g/mol. The van der Waals surface area contributed by atoms with Gasteiger partial charge in [0.1, 0.15) is 23.1 Å². The topological polar surface area (TPSA) is 104 Å². The predicted octanol–water partition coefficient (Wildman–Crippen LogP) is 13.0. The van der Waals surface area contributed by atoms with E-state index in [0.717, 1.165) is 80.8 Å². The number of ether oxygens (including phenoxy) is 2. The summed E-state index contributed by atoms with van der Waals surface area (Å²) in [6.45, 7) is 12.2. The lowest BCUT2D eigenvalue weighted by molar-refractivity contribution is -0.118. The van der Waals surface area contributed by atoms with Gasteiger partial charge in [-0.25, -0.2) is 9.97 Å². The number of Topliss-reactive ketones (excluding diaryl/α,β-unsaturated/α-hetero) is 2. The molecule has 2 fully saturated rings. The van der Waals surface area contributed by atoms with Crippen LogP contribution in [0, 0.1) is 25.7 Å². The fourth-order valence-electron chi connectivity index (χ4n) is 9.28. The molecule has 0 aliphatic heterocycles.